The first-order valence-corrected chi connectivity index (χ1v) is 8.70. The Hall–Kier alpha value is -2.52. The van der Waals surface area contributed by atoms with E-state index in [2.05, 4.69) is 15.3 Å². The van der Waals surface area contributed by atoms with Crippen LogP contribution in [0.15, 0.2) is 47.1 Å². The number of non-ortho nitro benzene ring substituents is 1. The average molecular weight is 360 g/mol. The molecule has 1 unspecified atom stereocenters. The summed E-state index contributed by atoms with van der Waals surface area (Å²) in [6, 6.07) is 7.64. The fraction of sp³-hybridized carbons (Fsp3) is 0.133. The first-order valence-electron chi connectivity index (χ1n) is 6.95. The maximum absolute atomic E-state index is 12.3. The summed E-state index contributed by atoms with van der Waals surface area (Å²) in [6.07, 6.45) is 1.48. The summed E-state index contributed by atoms with van der Waals surface area (Å²) < 4.78 is 0.956. The molecule has 9 heteroatoms. The van der Waals surface area contributed by atoms with E-state index in [1.54, 1.807) is 6.92 Å². The highest BCUT2D eigenvalue weighted by atomic mass is 32.2. The number of carbonyl (C=O) groups is 1. The largest absolute Gasteiger partial charge is 0.325 e. The molecular weight excluding hydrogens is 348 g/mol. The minimum Gasteiger partial charge on any atom is -0.325 e. The average Bonchev–Trinajstić information content (AvgIpc) is 3.05. The van der Waals surface area contributed by atoms with Gasteiger partial charge in [-0.25, -0.2) is 9.97 Å². The second-order valence-electron chi connectivity index (χ2n) is 4.87. The Morgan fingerprint density at radius 1 is 1.29 bits per heavy atom. The van der Waals surface area contributed by atoms with Crippen molar-refractivity contribution in [3.8, 4) is 0 Å². The normalized spacial score (nSPS) is 12.0. The summed E-state index contributed by atoms with van der Waals surface area (Å²) in [4.78, 5) is 30.9. The number of anilines is 1. The van der Waals surface area contributed by atoms with Gasteiger partial charge in [0.2, 0.25) is 5.91 Å². The van der Waals surface area contributed by atoms with Crippen molar-refractivity contribution >= 4 is 50.6 Å². The highest BCUT2D eigenvalue weighted by molar-refractivity contribution is 8.00. The van der Waals surface area contributed by atoms with Gasteiger partial charge in [-0.2, -0.15) is 0 Å². The molecule has 0 bridgehead atoms. The van der Waals surface area contributed by atoms with Crippen molar-refractivity contribution in [2.24, 2.45) is 0 Å². The molecule has 24 heavy (non-hydrogen) atoms. The van der Waals surface area contributed by atoms with Crippen LogP contribution in [0.25, 0.3) is 10.2 Å². The van der Waals surface area contributed by atoms with E-state index in [0.717, 1.165) is 15.2 Å². The zero-order chi connectivity index (χ0) is 17.1. The quantitative estimate of drug-likeness (QED) is 0.322. The lowest BCUT2D eigenvalue weighted by molar-refractivity contribution is -0.384. The second-order valence-corrected chi connectivity index (χ2v) is 7.11. The number of hydrogen-bond acceptors (Lipinski definition) is 7. The molecule has 1 amide bonds. The maximum atomic E-state index is 12.3. The maximum Gasteiger partial charge on any atom is 0.269 e. The summed E-state index contributed by atoms with van der Waals surface area (Å²) >= 11 is 2.89. The minimum absolute atomic E-state index is 0.0171. The summed E-state index contributed by atoms with van der Waals surface area (Å²) in [6.45, 7) is 1.78. The molecule has 2 aromatic heterocycles. The van der Waals surface area contributed by atoms with Crippen molar-refractivity contribution in [2.75, 3.05) is 5.32 Å². The van der Waals surface area contributed by atoms with E-state index < -0.39 is 4.92 Å². The molecule has 3 rings (SSSR count). The Morgan fingerprint density at radius 2 is 2.04 bits per heavy atom. The Balaban J connectivity index is 1.68. The van der Waals surface area contributed by atoms with Gasteiger partial charge in [-0.3, -0.25) is 14.9 Å². The Bertz CT molecular complexity index is 895. The molecule has 0 aliphatic carbocycles. The van der Waals surface area contributed by atoms with Gasteiger partial charge in [-0.15, -0.1) is 11.3 Å². The molecule has 1 atom stereocenters. The van der Waals surface area contributed by atoms with Gasteiger partial charge in [0.1, 0.15) is 11.4 Å². The number of amides is 1. The molecule has 0 spiro atoms. The third-order valence-corrected chi connectivity index (χ3v) is 5.35. The Kier molecular flexibility index (Phi) is 4.72. The van der Waals surface area contributed by atoms with Crippen LogP contribution < -0.4 is 5.32 Å². The van der Waals surface area contributed by atoms with Crippen LogP contribution in [0.5, 0.6) is 0 Å². The number of benzene rings is 1. The zero-order valence-corrected chi connectivity index (χ0v) is 14.1. The monoisotopic (exact) mass is 360 g/mol. The molecule has 0 aliphatic rings. The van der Waals surface area contributed by atoms with Gasteiger partial charge >= 0.3 is 0 Å². The molecule has 1 aromatic carbocycles. The first kappa shape index (κ1) is 16.3. The number of thiophene rings is 1. The van der Waals surface area contributed by atoms with E-state index in [1.165, 1.54) is 53.7 Å². The standard InChI is InChI=1S/C15H12N4O3S2/c1-9(24-15-13-12(6-7-23-13)16-8-17-15)14(20)18-10-2-4-11(5-3-10)19(21)22/h2-9H,1H3,(H,18,20). The zero-order valence-electron chi connectivity index (χ0n) is 12.5. The van der Waals surface area contributed by atoms with Crippen molar-refractivity contribution in [1.82, 2.24) is 9.97 Å². The molecule has 3 aromatic rings. The molecule has 0 saturated carbocycles. The molecule has 7 nitrogen and oxygen atoms in total. The van der Waals surface area contributed by atoms with E-state index in [4.69, 9.17) is 0 Å². The van der Waals surface area contributed by atoms with Crippen molar-refractivity contribution in [1.29, 1.82) is 0 Å². The third-order valence-electron chi connectivity index (χ3n) is 3.21. The summed E-state index contributed by atoms with van der Waals surface area (Å²) in [7, 11) is 0. The van der Waals surface area contributed by atoms with E-state index in [0.29, 0.717) is 5.69 Å². The number of nitro benzene ring substituents is 1. The molecule has 0 radical (unpaired) electrons. The lowest BCUT2D eigenvalue weighted by Crippen LogP contribution is -2.22. The Labute approximate surface area is 145 Å². The van der Waals surface area contributed by atoms with Crippen LogP contribution in [0.4, 0.5) is 11.4 Å². The number of aromatic nitrogens is 2. The lowest BCUT2D eigenvalue weighted by atomic mass is 10.3. The van der Waals surface area contributed by atoms with E-state index in [-0.39, 0.29) is 16.8 Å². The smallest absolute Gasteiger partial charge is 0.269 e. The van der Waals surface area contributed by atoms with Gasteiger partial charge in [-0.05, 0) is 30.5 Å². The van der Waals surface area contributed by atoms with Gasteiger partial charge in [0.25, 0.3) is 5.69 Å². The molecule has 0 aliphatic heterocycles. The van der Waals surface area contributed by atoms with E-state index >= 15 is 0 Å². The van der Waals surface area contributed by atoms with Gasteiger partial charge in [0.05, 0.1) is 20.4 Å². The molecule has 0 fully saturated rings. The van der Waals surface area contributed by atoms with Crippen LogP contribution in [-0.2, 0) is 4.79 Å². The van der Waals surface area contributed by atoms with Crippen LogP contribution in [0.2, 0.25) is 0 Å². The van der Waals surface area contributed by atoms with Crippen molar-refractivity contribution < 1.29 is 9.72 Å². The van der Waals surface area contributed by atoms with Crippen molar-refractivity contribution in [2.45, 2.75) is 17.2 Å². The van der Waals surface area contributed by atoms with Crippen molar-refractivity contribution in [3.63, 3.8) is 0 Å². The number of thioether (sulfide) groups is 1. The number of rotatable bonds is 5. The van der Waals surface area contributed by atoms with Crippen LogP contribution in [0.3, 0.4) is 0 Å². The number of nitrogens with zero attached hydrogens (tertiary/aromatic N) is 3. The van der Waals surface area contributed by atoms with E-state index in [1.807, 2.05) is 11.4 Å². The molecule has 0 saturated heterocycles. The summed E-state index contributed by atoms with van der Waals surface area (Å²) in [5.74, 6) is -0.197. The Morgan fingerprint density at radius 3 is 2.75 bits per heavy atom. The highest BCUT2D eigenvalue weighted by Gasteiger charge is 2.18. The molecule has 122 valence electrons. The third kappa shape index (κ3) is 3.52. The second kappa shape index (κ2) is 6.93. The van der Waals surface area contributed by atoms with E-state index in [9.17, 15) is 14.9 Å². The fourth-order valence-corrected chi connectivity index (χ4v) is 3.82. The number of hydrogen-bond donors (Lipinski definition) is 1. The van der Waals surface area contributed by atoms with Gasteiger partial charge in [-0.1, -0.05) is 11.8 Å². The number of fused-ring (bicyclic) bond motifs is 1. The fourth-order valence-electron chi connectivity index (χ4n) is 1.98. The minimum atomic E-state index is -0.481. The van der Waals surface area contributed by atoms with Gasteiger partial charge in [0, 0.05) is 17.8 Å². The number of nitrogens with one attached hydrogen (secondary N) is 1. The SMILES string of the molecule is CC(Sc1ncnc2ccsc12)C(=O)Nc1ccc([N+](=O)[O-])cc1. The van der Waals surface area contributed by atoms with Gasteiger partial charge in [0.15, 0.2) is 0 Å². The molecular formula is C15H12N4O3S2. The molecule has 2 heterocycles. The molecule has 1 N–H and O–H groups in total. The van der Waals surface area contributed by atoms with Crippen LogP contribution in [0, 0.1) is 10.1 Å². The summed E-state index contributed by atoms with van der Waals surface area (Å²) in [5, 5.41) is 15.7. The lowest BCUT2D eigenvalue weighted by Gasteiger charge is -2.11. The number of carbonyl (C=O) groups excluding carboxylic acids is 1. The predicted octanol–water partition coefficient (Wildman–Crippen LogP) is 3.72. The number of nitro groups is 1. The van der Waals surface area contributed by atoms with Gasteiger partial charge < -0.3 is 5.32 Å². The highest BCUT2D eigenvalue weighted by Crippen LogP contribution is 2.31. The van der Waals surface area contributed by atoms with Crippen molar-refractivity contribution in [3.05, 3.63) is 52.2 Å². The van der Waals surface area contributed by atoms with Crippen LogP contribution >= 0.6 is 23.1 Å². The van der Waals surface area contributed by atoms with Crippen LogP contribution in [0.1, 0.15) is 6.92 Å². The first-order chi connectivity index (χ1) is 11.5. The summed E-state index contributed by atoms with van der Waals surface area (Å²) in [5.41, 5.74) is 1.36. The predicted molar refractivity (Wildman–Crippen MR) is 94.5 cm³/mol. The van der Waals surface area contributed by atoms with Crippen LogP contribution in [-0.4, -0.2) is 26.0 Å². The topological polar surface area (TPSA) is 98.0 Å².